The van der Waals surface area contributed by atoms with Crippen molar-refractivity contribution >= 4 is 0 Å². The van der Waals surface area contributed by atoms with Crippen molar-refractivity contribution in [2.75, 3.05) is 0 Å². The zero-order valence-corrected chi connectivity index (χ0v) is 16.1. The number of rotatable bonds is 2. The summed E-state index contributed by atoms with van der Waals surface area (Å²) in [5.74, 6) is 0. The molecule has 0 fully saturated rings. The van der Waals surface area contributed by atoms with Gasteiger partial charge in [-0.2, -0.15) is 0 Å². The number of hydrogen-bond acceptors (Lipinski definition) is 0. The van der Waals surface area contributed by atoms with Gasteiger partial charge in [-0.05, 0) is 63.8 Å². The summed E-state index contributed by atoms with van der Waals surface area (Å²) >= 11 is 0. The molecule has 1 aromatic heterocycles. The molecule has 0 radical (unpaired) electrons. The Morgan fingerprint density at radius 2 is 1.21 bits per heavy atom. The van der Waals surface area contributed by atoms with Crippen LogP contribution in [0.2, 0.25) is 0 Å². The second-order valence-electron chi connectivity index (χ2n) is 6.63. The Balaban J connectivity index is 0.00000208. The number of aryl methyl sites for hydroxylation is 6. The van der Waals surface area contributed by atoms with Gasteiger partial charge >= 0.3 is 17.1 Å². The average molecular weight is 368 g/mol. The monoisotopic (exact) mass is 367 g/mol. The topological polar surface area (TPSA) is 8.81 Å². The normalized spacial score (nSPS) is 10.6. The van der Waals surface area contributed by atoms with Crippen molar-refractivity contribution in [2.24, 2.45) is 0 Å². The van der Waals surface area contributed by atoms with Crippen LogP contribution in [0.15, 0.2) is 36.7 Å². The van der Waals surface area contributed by atoms with E-state index in [-0.39, 0.29) is 17.1 Å². The fourth-order valence-electron chi connectivity index (χ4n) is 3.67. The maximum atomic E-state index is 3.48. The Morgan fingerprint density at radius 3 is 1.71 bits per heavy atom. The largest absolute Gasteiger partial charge is 1.00 e. The zero-order chi connectivity index (χ0) is 16.7. The van der Waals surface area contributed by atoms with E-state index in [9.17, 15) is 0 Å². The van der Waals surface area contributed by atoms with E-state index in [2.05, 4.69) is 93.7 Å². The zero-order valence-electron chi connectivity index (χ0n) is 15.2. The number of benzene rings is 2. The van der Waals surface area contributed by atoms with Crippen molar-refractivity contribution < 1.29 is 21.6 Å². The van der Waals surface area contributed by atoms with E-state index in [1.54, 1.807) is 0 Å². The van der Waals surface area contributed by atoms with Gasteiger partial charge in [-0.1, -0.05) is 35.4 Å². The Hall–Kier alpha value is -1.83. The molecule has 3 rings (SSSR count). The molecule has 3 aromatic rings. The molecule has 1 heterocycles. The average Bonchev–Trinajstić information content (AvgIpc) is 2.85. The van der Waals surface area contributed by atoms with Crippen LogP contribution in [0.25, 0.3) is 11.4 Å². The predicted octanol–water partition coefficient (Wildman–Crippen LogP) is 4.40. The minimum absolute atomic E-state index is 0. The molecule has 128 valence electrons. The van der Waals surface area contributed by atoms with E-state index < -0.39 is 0 Å². The van der Waals surface area contributed by atoms with Crippen molar-refractivity contribution in [1.29, 1.82) is 0 Å². The standard InChI is InChI=1S/C21H24N2.Cu/c1-14-9-16(3)20(17(4)10-14)22-7-8-23(13-22)21-18(5)11-15(2)12-19(21)6;/h7-12H,1-6H3;/q;+1. The summed E-state index contributed by atoms with van der Waals surface area (Å²) in [4.78, 5) is 0. The third-order valence-corrected chi connectivity index (χ3v) is 4.33. The molecular formula is C21H24CuN2+. The van der Waals surface area contributed by atoms with Gasteiger partial charge in [0.15, 0.2) is 0 Å². The summed E-state index contributed by atoms with van der Waals surface area (Å²) in [5.41, 5.74) is 10.1. The first-order chi connectivity index (χ1) is 10.9. The molecule has 0 amide bonds. The molecule has 0 aliphatic rings. The first-order valence-corrected chi connectivity index (χ1v) is 8.05. The molecule has 0 N–H and O–H groups in total. The van der Waals surface area contributed by atoms with Crippen molar-refractivity contribution in [3.8, 4) is 11.4 Å². The Bertz CT molecular complexity index is 773. The molecule has 0 unspecified atom stereocenters. The first-order valence-electron chi connectivity index (χ1n) is 8.05. The van der Waals surface area contributed by atoms with Crippen LogP contribution in [0.3, 0.4) is 0 Å². The molecule has 0 saturated carbocycles. The van der Waals surface area contributed by atoms with E-state index in [4.69, 9.17) is 0 Å². The third-order valence-electron chi connectivity index (χ3n) is 4.33. The van der Waals surface area contributed by atoms with Crippen LogP contribution < -0.4 is 4.57 Å². The van der Waals surface area contributed by atoms with Gasteiger partial charge < -0.3 is 0 Å². The van der Waals surface area contributed by atoms with Crippen LogP contribution in [0.4, 0.5) is 0 Å². The van der Waals surface area contributed by atoms with Gasteiger partial charge in [-0.25, -0.2) is 0 Å². The summed E-state index contributed by atoms with van der Waals surface area (Å²) in [6.45, 7) is 12.9. The molecule has 0 saturated heterocycles. The molecule has 24 heavy (non-hydrogen) atoms. The van der Waals surface area contributed by atoms with Crippen LogP contribution >= 0.6 is 0 Å². The van der Waals surface area contributed by atoms with E-state index in [0.717, 1.165) is 0 Å². The molecule has 0 spiro atoms. The van der Waals surface area contributed by atoms with E-state index >= 15 is 0 Å². The summed E-state index contributed by atoms with van der Waals surface area (Å²) < 4.78 is 4.20. The molecule has 0 bridgehead atoms. The van der Waals surface area contributed by atoms with Gasteiger partial charge in [0.2, 0.25) is 0 Å². The summed E-state index contributed by atoms with van der Waals surface area (Å²) in [7, 11) is 0. The van der Waals surface area contributed by atoms with Crippen molar-refractivity contribution in [3.63, 3.8) is 0 Å². The maximum Gasteiger partial charge on any atom is 1.00 e. The van der Waals surface area contributed by atoms with Crippen LogP contribution in [0.5, 0.6) is 0 Å². The molecule has 2 nitrogen and oxygen atoms in total. The number of aromatic nitrogens is 2. The van der Waals surface area contributed by atoms with Gasteiger partial charge in [0, 0.05) is 12.4 Å². The second kappa shape index (κ2) is 6.96. The van der Waals surface area contributed by atoms with Crippen molar-refractivity contribution in [3.05, 3.63) is 76.4 Å². The summed E-state index contributed by atoms with van der Waals surface area (Å²) in [6.07, 6.45) is 7.65. The van der Waals surface area contributed by atoms with Gasteiger partial charge in [0.1, 0.15) is 0 Å². The third kappa shape index (κ3) is 3.33. The summed E-state index contributed by atoms with van der Waals surface area (Å²) in [6, 6.07) is 8.90. The van der Waals surface area contributed by atoms with Crippen LogP contribution in [0.1, 0.15) is 33.4 Å². The van der Waals surface area contributed by atoms with E-state index in [1.165, 1.54) is 44.8 Å². The first kappa shape index (κ1) is 18.5. The number of imidazole rings is 1. The van der Waals surface area contributed by atoms with Crippen LogP contribution in [0, 0.1) is 47.9 Å². The van der Waals surface area contributed by atoms with E-state index in [0.29, 0.717) is 0 Å². The minimum atomic E-state index is 0. The van der Waals surface area contributed by atoms with Gasteiger partial charge in [-0.15, -0.1) is 0 Å². The Kier molecular flexibility index (Phi) is 5.37. The fourth-order valence-corrected chi connectivity index (χ4v) is 3.67. The quantitative estimate of drug-likeness (QED) is 0.360. The van der Waals surface area contributed by atoms with Gasteiger partial charge in [-0.3, -0.25) is 9.13 Å². The molecule has 0 aliphatic heterocycles. The molecule has 2 aromatic carbocycles. The van der Waals surface area contributed by atoms with Crippen molar-refractivity contribution in [1.82, 2.24) is 4.57 Å². The fraction of sp³-hybridized carbons (Fsp3) is 0.286. The van der Waals surface area contributed by atoms with Crippen LogP contribution in [-0.4, -0.2) is 4.57 Å². The Labute approximate surface area is 155 Å². The molecular weight excluding hydrogens is 344 g/mol. The van der Waals surface area contributed by atoms with Gasteiger partial charge in [0.05, 0.1) is 11.4 Å². The maximum absolute atomic E-state index is 3.48. The second-order valence-corrected chi connectivity index (χ2v) is 6.63. The van der Waals surface area contributed by atoms with Crippen LogP contribution in [-0.2, 0) is 17.1 Å². The van der Waals surface area contributed by atoms with E-state index in [1.807, 2.05) is 0 Å². The number of hydrogen-bond donors (Lipinski definition) is 0. The predicted molar refractivity (Wildman–Crippen MR) is 94.6 cm³/mol. The van der Waals surface area contributed by atoms with Crippen molar-refractivity contribution in [2.45, 2.75) is 41.5 Å². The summed E-state index contributed by atoms with van der Waals surface area (Å²) in [5, 5.41) is 0. The minimum Gasteiger partial charge on any atom is -0.298 e. The molecule has 0 atom stereocenters. The van der Waals surface area contributed by atoms with Gasteiger partial charge in [0.25, 0.3) is 6.33 Å². The smallest absolute Gasteiger partial charge is 0.298 e. The molecule has 3 heteroatoms. The number of nitrogens with zero attached hydrogens (tertiary/aromatic N) is 2. The molecule has 0 aliphatic carbocycles. The Morgan fingerprint density at radius 1 is 0.750 bits per heavy atom. The SMILES string of the molecule is Cc1cc(C)c(-n2[c-][n+](-c3c(C)cc(C)cc3C)cc2)c(C)c1.[Cu+].